The maximum atomic E-state index is 11.6. The molecule has 0 spiro atoms. The first-order valence-corrected chi connectivity index (χ1v) is 6.22. The van der Waals surface area contributed by atoms with Crippen molar-refractivity contribution < 1.29 is 23.8 Å². The van der Waals surface area contributed by atoms with Gasteiger partial charge in [0.2, 0.25) is 0 Å². The monoisotopic (exact) mass is 276 g/mol. The molecule has 20 heavy (non-hydrogen) atoms. The van der Waals surface area contributed by atoms with Crippen LogP contribution in [0.5, 0.6) is 0 Å². The summed E-state index contributed by atoms with van der Waals surface area (Å²) in [5.74, 6) is -1.67. The van der Waals surface area contributed by atoms with Crippen LogP contribution in [-0.2, 0) is 30.4 Å². The second-order valence-electron chi connectivity index (χ2n) is 4.40. The highest BCUT2D eigenvalue weighted by Crippen LogP contribution is 2.26. The molecule has 1 aromatic carbocycles. The highest BCUT2D eigenvalue weighted by Gasteiger charge is 2.31. The van der Waals surface area contributed by atoms with E-state index in [9.17, 15) is 9.59 Å². The summed E-state index contributed by atoms with van der Waals surface area (Å²) in [7, 11) is 2.48. The highest BCUT2D eigenvalue weighted by atomic mass is 16.5. The van der Waals surface area contributed by atoms with Crippen LogP contribution in [0.2, 0.25) is 0 Å². The van der Waals surface area contributed by atoms with Crippen LogP contribution in [0, 0.1) is 5.92 Å². The van der Waals surface area contributed by atoms with Gasteiger partial charge in [0.25, 0.3) is 0 Å². The molecule has 0 bridgehead atoms. The first kappa shape index (κ1) is 14.1. The number of methoxy groups -OCH3 is 2. The van der Waals surface area contributed by atoms with E-state index < -0.39 is 17.9 Å². The van der Waals surface area contributed by atoms with Gasteiger partial charge < -0.3 is 14.2 Å². The van der Waals surface area contributed by atoms with Gasteiger partial charge in [-0.3, -0.25) is 9.59 Å². The lowest BCUT2D eigenvalue weighted by Crippen LogP contribution is -2.27. The molecule has 0 aromatic heterocycles. The Balaban J connectivity index is 2.18. The van der Waals surface area contributed by atoms with Crippen molar-refractivity contribution >= 4 is 18.0 Å². The number of benzene rings is 1. The summed E-state index contributed by atoms with van der Waals surface area (Å²) in [5.41, 5.74) is 2.10. The minimum Gasteiger partial charge on any atom is -0.493 e. The van der Waals surface area contributed by atoms with Crippen LogP contribution in [0.1, 0.15) is 17.5 Å². The molecule has 0 radical (unpaired) electrons. The first-order chi connectivity index (χ1) is 9.65. The van der Waals surface area contributed by atoms with Gasteiger partial charge in [0.15, 0.2) is 5.92 Å². The minimum atomic E-state index is -0.999. The predicted octanol–water partition coefficient (Wildman–Crippen LogP) is 1.91. The van der Waals surface area contributed by atoms with Crippen LogP contribution in [0.15, 0.2) is 30.0 Å². The number of fused-ring (bicyclic) bond motifs is 1. The van der Waals surface area contributed by atoms with Gasteiger partial charge in [-0.1, -0.05) is 24.3 Å². The molecule has 5 heteroatoms. The number of carbonyl (C=O) groups is 2. The van der Waals surface area contributed by atoms with E-state index in [2.05, 4.69) is 9.47 Å². The fourth-order valence-corrected chi connectivity index (χ4v) is 2.06. The zero-order valence-electron chi connectivity index (χ0n) is 11.4. The summed E-state index contributed by atoms with van der Waals surface area (Å²) >= 11 is 0. The molecular formula is C15H16O5. The van der Waals surface area contributed by atoms with E-state index in [1.807, 2.05) is 30.3 Å². The van der Waals surface area contributed by atoms with Crippen LogP contribution >= 0.6 is 0 Å². The van der Waals surface area contributed by atoms with Crippen LogP contribution in [-0.4, -0.2) is 26.2 Å². The number of carbonyl (C=O) groups excluding carboxylic acids is 2. The number of ether oxygens (including phenoxy) is 3. The van der Waals surface area contributed by atoms with Crippen molar-refractivity contribution in [1.29, 1.82) is 0 Å². The SMILES string of the molecule is COC(=O)C(CC1=Cc2ccccc2CO1)C(=O)OC. The van der Waals surface area contributed by atoms with Crippen LogP contribution < -0.4 is 0 Å². The average Bonchev–Trinajstić information content (AvgIpc) is 2.51. The largest absolute Gasteiger partial charge is 0.493 e. The topological polar surface area (TPSA) is 61.8 Å². The fraction of sp³-hybridized carbons (Fsp3) is 0.333. The molecule has 0 amide bonds. The third-order valence-electron chi connectivity index (χ3n) is 3.16. The number of hydrogen-bond donors (Lipinski definition) is 0. The maximum Gasteiger partial charge on any atom is 0.320 e. The van der Waals surface area contributed by atoms with Crippen molar-refractivity contribution in [2.75, 3.05) is 14.2 Å². The number of allylic oxidation sites excluding steroid dienone is 1. The van der Waals surface area contributed by atoms with E-state index >= 15 is 0 Å². The highest BCUT2D eigenvalue weighted by molar-refractivity contribution is 5.95. The Labute approximate surface area is 117 Å². The molecule has 0 saturated heterocycles. The summed E-state index contributed by atoms with van der Waals surface area (Å²) in [5, 5.41) is 0. The Morgan fingerprint density at radius 2 is 1.85 bits per heavy atom. The van der Waals surface area contributed by atoms with Gasteiger partial charge in [0, 0.05) is 6.42 Å². The molecule has 0 saturated carbocycles. The molecule has 0 N–H and O–H groups in total. The predicted molar refractivity (Wildman–Crippen MR) is 71.3 cm³/mol. The molecule has 2 rings (SSSR count). The summed E-state index contributed by atoms with van der Waals surface area (Å²) in [4.78, 5) is 23.3. The van der Waals surface area contributed by atoms with E-state index in [-0.39, 0.29) is 6.42 Å². The summed E-state index contributed by atoms with van der Waals surface area (Å²) in [6.07, 6.45) is 1.96. The lowest BCUT2D eigenvalue weighted by molar-refractivity contribution is -0.159. The van der Waals surface area contributed by atoms with Gasteiger partial charge in [0.1, 0.15) is 6.61 Å². The Morgan fingerprint density at radius 3 is 2.50 bits per heavy atom. The second kappa shape index (κ2) is 6.23. The molecule has 1 aliphatic rings. The summed E-state index contributed by atoms with van der Waals surface area (Å²) in [6.45, 7) is 0.428. The van der Waals surface area contributed by atoms with Gasteiger partial charge in [-0.15, -0.1) is 0 Å². The van der Waals surface area contributed by atoms with Gasteiger partial charge in [-0.05, 0) is 17.2 Å². The normalized spacial score (nSPS) is 13.1. The molecule has 0 atom stereocenters. The smallest absolute Gasteiger partial charge is 0.320 e. The van der Waals surface area contributed by atoms with Gasteiger partial charge in [-0.25, -0.2) is 0 Å². The van der Waals surface area contributed by atoms with Crippen molar-refractivity contribution in [3.05, 3.63) is 41.2 Å². The molecule has 5 nitrogen and oxygen atoms in total. The van der Waals surface area contributed by atoms with Crippen molar-refractivity contribution in [1.82, 2.24) is 0 Å². The maximum absolute atomic E-state index is 11.6. The van der Waals surface area contributed by atoms with Crippen molar-refractivity contribution in [2.45, 2.75) is 13.0 Å². The van der Waals surface area contributed by atoms with E-state index in [0.29, 0.717) is 12.4 Å². The summed E-state index contributed by atoms with van der Waals surface area (Å²) in [6, 6.07) is 7.80. The van der Waals surface area contributed by atoms with Gasteiger partial charge >= 0.3 is 11.9 Å². The van der Waals surface area contributed by atoms with Crippen molar-refractivity contribution in [3.63, 3.8) is 0 Å². The number of esters is 2. The number of hydrogen-bond acceptors (Lipinski definition) is 5. The third-order valence-corrected chi connectivity index (χ3v) is 3.16. The molecule has 0 fully saturated rings. The Hall–Kier alpha value is -2.30. The van der Waals surface area contributed by atoms with Crippen LogP contribution in [0.25, 0.3) is 6.08 Å². The lowest BCUT2D eigenvalue weighted by atomic mass is 10.00. The fourth-order valence-electron chi connectivity index (χ4n) is 2.06. The first-order valence-electron chi connectivity index (χ1n) is 6.22. The minimum absolute atomic E-state index is 0.133. The standard InChI is InChI=1S/C15H16O5/c1-18-14(16)13(15(17)19-2)8-12-7-10-5-3-4-6-11(10)9-20-12/h3-7,13H,8-9H2,1-2H3. The molecule has 0 unspecified atom stereocenters. The number of rotatable bonds is 4. The Bertz CT molecular complexity index is 531. The van der Waals surface area contributed by atoms with Gasteiger partial charge in [0.05, 0.1) is 20.0 Å². The van der Waals surface area contributed by atoms with E-state index in [1.54, 1.807) is 0 Å². The summed E-state index contributed by atoms with van der Waals surface area (Å²) < 4.78 is 14.8. The molecule has 1 aliphatic heterocycles. The van der Waals surface area contributed by atoms with Crippen molar-refractivity contribution in [2.24, 2.45) is 5.92 Å². The molecular weight excluding hydrogens is 260 g/mol. The Morgan fingerprint density at radius 1 is 1.20 bits per heavy atom. The zero-order chi connectivity index (χ0) is 14.5. The third kappa shape index (κ3) is 2.99. The van der Waals surface area contributed by atoms with Crippen LogP contribution in [0.4, 0.5) is 0 Å². The lowest BCUT2D eigenvalue weighted by Gasteiger charge is -2.20. The zero-order valence-corrected chi connectivity index (χ0v) is 11.4. The molecule has 0 aliphatic carbocycles. The van der Waals surface area contributed by atoms with E-state index in [1.165, 1.54) is 14.2 Å². The molecule has 1 aromatic rings. The molecule has 106 valence electrons. The van der Waals surface area contributed by atoms with Gasteiger partial charge in [-0.2, -0.15) is 0 Å². The van der Waals surface area contributed by atoms with Crippen LogP contribution in [0.3, 0.4) is 0 Å². The van der Waals surface area contributed by atoms with E-state index in [0.717, 1.165) is 11.1 Å². The Kier molecular flexibility index (Phi) is 4.40. The second-order valence-corrected chi connectivity index (χ2v) is 4.40. The molecule has 1 heterocycles. The van der Waals surface area contributed by atoms with Crippen molar-refractivity contribution in [3.8, 4) is 0 Å². The van der Waals surface area contributed by atoms with E-state index in [4.69, 9.17) is 4.74 Å². The average molecular weight is 276 g/mol. The quantitative estimate of drug-likeness (QED) is 0.621.